The molecule has 0 aromatic carbocycles. The van der Waals surface area contributed by atoms with Gasteiger partial charge in [0.2, 0.25) is 0 Å². The van der Waals surface area contributed by atoms with Crippen molar-refractivity contribution in [3.63, 3.8) is 0 Å². The molecule has 4 nitrogen and oxygen atoms in total. The maximum Gasteiger partial charge on any atom is 0.315 e. The van der Waals surface area contributed by atoms with E-state index < -0.39 is 0 Å². The molecule has 1 aliphatic rings. The number of nitrogens with two attached hydrogens (primary N) is 1. The molecule has 4 N–H and O–H groups in total. The molecule has 1 unspecified atom stereocenters. The second-order valence-corrected chi connectivity index (χ2v) is 4.08. The van der Waals surface area contributed by atoms with E-state index in [9.17, 15) is 4.79 Å². The Kier molecular flexibility index (Phi) is 4.73. The normalized spacial score (nSPS) is 19.3. The van der Waals surface area contributed by atoms with Gasteiger partial charge in [-0.3, -0.25) is 0 Å². The van der Waals surface area contributed by atoms with Crippen molar-refractivity contribution >= 4 is 6.03 Å². The van der Waals surface area contributed by atoms with Crippen LogP contribution >= 0.6 is 0 Å². The molecule has 0 saturated heterocycles. The van der Waals surface area contributed by atoms with Gasteiger partial charge in [-0.25, -0.2) is 4.79 Å². The summed E-state index contributed by atoms with van der Waals surface area (Å²) >= 11 is 0. The van der Waals surface area contributed by atoms with Gasteiger partial charge in [0.15, 0.2) is 0 Å². The predicted octanol–water partition coefficient (Wildman–Crippen LogP) is 0.965. The molecule has 1 rings (SSSR count). The van der Waals surface area contributed by atoms with E-state index >= 15 is 0 Å². The number of nitrogens with one attached hydrogen (secondary N) is 2. The van der Waals surface area contributed by atoms with E-state index in [1.807, 2.05) is 6.92 Å². The first-order valence-electron chi connectivity index (χ1n) is 5.49. The molecule has 0 radical (unpaired) electrons. The van der Waals surface area contributed by atoms with E-state index in [1.165, 1.54) is 12.8 Å². The topological polar surface area (TPSA) is 67.1 Å². The predicted molar refractivity (Wildman–Crippen MR) is 57.1 cm³/mol. The van der Waals surface area contributed by atoms with Crippen LogP contribution in [0.15, 0.2) is 0 Å². The number of carbonyl (C=O) groups is 1. The molecule has 0 aliphatic heterocycles. The van der Waals surface area contributed by atoms with Crippen molar-refractivity contribution in [2.45, 2.75) is 51.1 Å². The summed E-state index contributed by atoms with van der Waals surface area (Å²) in [4.78, 5) is 11.4. The summed E-state index contributed by atoms with van der Waals surface area (Å²) in [6.45, 7) is 2.59. The quantitative estimate of drug-likeness (QED) is 0.631. The fourth-order valence-corrected chi connectivity index (χ4v) is 1.84. The standard InChI is InChI=1S/C10H21N3O/c1-8(6-7-11)12-10(14)13-9-4-2-3-5-9/h8-9H,2-7,11H2,1H3,(H2,12,13,14). The molecule has 1 aliphatic carbocycles. The average Bonchev–Trinajstić information content (AvgIpc) is 2.56. The third-order valence-corrected chi connectivity index (χ3v) is 2.67. The van der Waals surface area contributed by atoms with Gasteiger partial charge in [-0.1, -0.05) is 12.8 Å². The highest BCUT2D eigenvalue weighted by atomic mass is 16.2. The van der Waals surface area contributed by atoms with Gasteiger partial charge in [-0.2, -0.15) is 0 Å². The molecule has 0 spiro atoms. The summed E-state index contributed by atoms with van der Waals surface area (Å²) in [5, 5.41) is 5.85. The Hall–Kier alpha value is -0.770. The van der Waals surface area contributed by atoms with Gasteiger partial charge in [-0.15, -0.1) is 0 Å². The third kappa shape index (κ3) is 3.96. The summed E-state index contributed by atoms with van der Waals surface area (Å²) in [5.41, 5.74) is 5.40. The Bertz CT molecular complexity index is 178. The molecule has 0 aromatic rings. The first-order valence-corrected chi connectivity index (χ1v) is 5.49. The number of carbonyl (C=O) groups excluding carboxylic acids is 1. The van der Waals surface area contributed by atoms with Crippen LogP contribution in [0.5, 0.6) is 0 Å². The highest BCUT2D eigenvalue weighted by Gasteiger charge is 2.17. The van der Waals surface area contributed by atoms with Gasteiger partial charge in [0.05, 0.1) is 0 Å². The minimum Gasteiger partial charge on any atom is -0.336 e. The van der Waals surface area contributed by atoms with Gasteiger partial charge >= 0.3 is 6.03 Å². The van der Waals surface area contributed by atoms with Gasteiger partial charge in [0.1, 0.15) is 0 Å². The van der Waals surface area contributed by atoms with E-state index in [4.69, 9.17) is 5.73 Å². The van der Waals surface area contributed by atoms with Gasteiger partial charge in [0, 0.05) is 12.1 Å². The Morgan fingerprint density at radius 2 is 2.14 bits per heavy atom. The highest BCUT2D eigenvalue weighted by molar-refractivity contribution is 5.74. The molecule has 0 bridgehead atoms. The highest BCUT2D eigenvalue weighted by Crippen LogP contribution is 2.17. The lowest BCUT2D eigenvalue weighted by molar-refractivity contribution is 0.233. The molecule has 1 saturated carbocycles. The molecule has 1 atom stereocenters. The van der Waals surface area contributed by atoms with Crippen molar-refractivity contribution in [2.24, 2.45) is 5.73 Å². The molecular formula is C10H21N3O. The van der Waals surface area contributed by atoms with Crippen molar-refractivity contribution in [1.29, 1.82) is 0 Å². The number of hydrogen-bond acceptors (Lipinski definition) is 2. The molecule has 14 heavy (non-hydrogen) atoms. The maximum absolute atomic E-state index is 11.4. The molecule has 2 amide bonds. The molecule has 0 heterocycles. The summed E-state index contributed by atoms with van der Waals surface area (Å²) in [6.07, 6.45) is 5.56. The zero-order valence-corrected chi connectivity index (χ0v) is 8.88. The first kappa shape index (κ1) is 11.3. The van der Waals surface area contributed by atoms with Gasteiger partial charge < -0.3 is 16.4 Å². The number of urea groups is 1. The van der Waals surface area contributed by atoms with E-state index in [1.54, 1.807) is 0 Å². The summed E-state index contributed by atoms with van der Waals surface area (Å²) in [6, 6.07) is 0.513. The molecule has 0 aromatic heterocycles. The van der Waals surface area contributed by atoms with Gasteiger partial charge in [0.25, 0.3) is 0 Å². The van der Waals surface area contributed by atoms with E-state index in [2.05, 4.69) is 10.6 Å². The Morgan fingerprint density at radius 3 is 2.71 bits per heavy atom. The lowest BCUT2D eigenvalue weighted by atomic mass is 10.2. The van der Waals surface area contributed by atoms with Crippen molar-refractivity contribution < 1.29 is 4.79 Å². The maximum atomic E-state index is 11.4. The first-order chi connectivity index (χ1) is 6.72. The van der Waals surface area contributed by atoms with Crippen LogP contribution in [-0.2, 0) is 0 Å². The summed E-state index contributed by atoms with van der Waals surface area (Å²) in [7, 11) is 0. The van der Waals surface area contributed by atoms with Crippen LogP contribution in [-0.4, -0.2) is 24.7 Å². The van der Waals surface area contributed by atoms with Crippen LogP contribution in [0.4, 0.5) is 4.79 Å². The van der Waals surface area contributed by atoms with E-state index in [-0.39, 0.29) is 12.1 Å². The Morgan fingerprint density at radius 1 is 1.50 bits per heavy atom. The molecule has 82 valence electrons. The van der Waals surface area contributed by atoms with Gasteiger partial charge in [-0.05, 0) is 32.7 Å². The van der Waals surface area contributed by atoms with Crippen LogP contribution in [0, 0.1) is 0 Å². The summed E-state index contributed by atoms with van der Waals surface area (Å²) in [5.74, 6) is 0. The van der Waals surface area contributed by atoms with E-state index in [0.29, 0.717) is 12.6 Å². The SMILES string of the molecule is CC(CCN)NC(=O)NC1CCCC1. The van der Waals surface area contributed by atoms with Crippen molar-refractivity contribution in [2.75, 3.05) is 6.54 Å². The largest absolute Gasteiger partial charge is 0.336 e. The second kappa shape index (κ2) is 5.86. The van der Waals surface area contributed by atoms with Crippen LogP contribution in [0.1, 0.15) is 39.0 Å². The zero-order chi connectivity index (χ0) is 10.4. The molecular weight excluding hydrogens is 178 g/mol. The molecule has 4 heteroatoms. The Balaban J connectivity index is 2.14. The lowest BCUT2D eigenvalue weighted by Crippen LogP contribution is -2.45. The number of hydrogen-bond donors (Lipinski definition) is 3. The van der Waals surface area contributed by atoms with Crippen LogP contribution < -0.4 is 16.4 Å². The fourth-order valence-electron chi connectivity index (χ4n) is 1.84. The van der Waals surface area contributed by atoms with Crippen molar-refractivity contribution in [1.82, 2.24) is 10.6 Å². The minimum atomic E-state index is -0.0437. The third-order valence-electron chi connectivity index (χ3n) is 2.67. The minimum absolute atomic E-state index is 0.0437. The summed E-state index contributed by atoms with van der Waals surface area (Å²) < 4.78 is 0. The average molecular weight is 199 g/mol. The molecule has 1 fully saturated rings. The lowest BCUT2D eigenvalue weighted by Gasteiger charge is -2.16. The smallest absolute Gasteiger partial charge is 0.315 e. The Labute approximate surface area is 85.6 Å². The number of amides is 2. The van der Waals surface area contributed by atoms with Crippen LogP contribution in [0.25, 0.3) is 0 Å². The number of rotatable bonds is 4. The van der Waals surface area contributed by atoms with Crippen molar-refractivity contribution in [3.8, 4) is 0 Å². The van der Waals surface area contributed by atoms with Crippen LogP contribution in [0.3, 0.4) is 0 Å². The fraction of sp³-hybridized carbons (Fsp3) is 0.900. The second-order valence-electron chi connectivity index (χ2n) is 4.08. The van der Waals surface area contributed by atoms with Crippen LogP contribution in [0.2, 0.25) is 0 Å². The zero-order valence-electron chi connectivity index (χ0n) is 8.88. The van der Waals surface area contributed by atoms with E-state index in [0.717, 1.165) is 19.3 Å². The monoisotopic (exact) mass is 199 g/mol. The van der Waals surface area contributed by atoms with Crippen molar-refractivity contribution in [3.05, 3.63) is 0 Å².